The highest BCUT2D eigenvalue weighted by Crippen LogP contribution is 2.20. The van der Waals surface area contributed by atoms with Crippen LogP contribution in [0.15, 0.2) is 35.1 Å². The number of aromatic nitrogens is 1. The molecule has 0 spiro atoms. The number of ether oxygens (including phenoxy) is 1. The number of nitrogens with one attached hydrogen (secondary N) is 1. The van der Waals surface area contributed by atoms with Crippen molar-refractivity contribution in [2.75, 3.05) is 18.2 Å². The number of rotatable bonds is 4. The SMILES string of the molecule is COc1ccc(N)c(NCc2ccoc2)n1. The van der Waals surface area contributed by atoms with Gasteiger partial charge < -0.3 is 20.2 Å². The molecule has 2 heterocycles. The molecule has 0 aromatic carbocycles. The van der Waals surface area contributed by atoms with E-state index in [9.17, 15) is 0 Å². The van der Waals surface area contributed by atoms with Crippen molar-refractivity contribution in [2.45, 2.75) is 6.54 Å². The lowest BCUT2D eigenvalue weighted by molar-refractivity contribution is 0.398. The molecular weight excluding hydrogens is 206 g/mol. The first kappa shape index (κ1) is 10.4. The third-order valence-electron chi connectivity index (χ3n) is 2.15. The van der Waals surface area contributed by atoms with Gasteiger partial charge in [0.25, 0.3) is 0 Å². The first-order valence-corrected chi connectivity index (χ1v) is 4.85. The molecule has 5 nitrogen and oxygen atoms in total. The van der Waals surface area contributed by atoms with Gasteiger partial charge in [0.05, 0.1) is 25.3 Å². The van der Waals surface area contributed by atoms with Crippen LogP contribution in [0.4, 0.5) is 11.5 Å². The fraction of sp³-hybridized carbons (Fsp3) is 0.182. The Morgan fingerprint density at radius 3 is 3.00 bits per heavy atom. The summed E-state index contributed by atoms with van der Waals surface area (Å²) in [7, 11) is 1.57. The smallest absolute Gasteiger partial charge is 0.215 e. The average molecular weight is 219 g/mol. The van der Waals surface area contributed by atoms with E-state index in [0.29, 0.717) is 23.9 Å². The Morgan fingerprint density at radius 2 is 2.31 bits per heavy atom. The summed E-state index contributed by atoms with van der Waals surface area (Å²) in [6, 6.07) is 5.35. The first-order chi connectivity index (χ1) is 7.79. The van der Waals surface area contributed by atoms with E-state index >= 15 is 0 Å². The van der Waals surface area contributed by atoms with E-state index in [1.165, 1.54) is 0 Å². The fourth-order valence-corrected chi connectivity index (χ4v) is 1.29. The second-order valence-electron chi connectivity index (χ2n) is 3.28. The number of pyridine rings is 1. The van der Waals surface area contributed by atoms with Crippen molar-refractivity contribution in [1.29, 1.82) is 0 Å². The Kier molecular flexibility index (Phi) is 2.95. The molecule has 2 aromatic rings. The number of nitrogens with zero attached hydrogens (tertiary/aromatic N) is 1. The van der Waals surface area contributed by atoms with Crippen LogP contribution in [0.3, 0.4) is 0 Å². The molecule has 0 aliphatic heterocycles. The number of methoxy groups -OCH3 is 1. The lowest BCUT2D eigenvalue weighted by atomic mass is 10.3. The number of nitrogen functional groups attached to an aromatic ring is 1. The molecule has 0 fully saturated rings. The lowest BCUT2D eigenvalue weighted by Gasteiger charge is -2.08. The van der Waals surface area contributed by atoms with Crippen molar-refractivity contribution < 1.29 is 9.15 Å². The Hall–Kier alpha value is -2.17. The minimum Gasteiger partial charge on any atom is -0.481 e. The number of hydrogen-bond acceptors (Lipinski definition) is 5. The van der Waals surface area contributed by atoms with E-state index in [-0.39, 0.29) is 0 Å². The zero-order valence-electron chi connectivity index (χ0n) is 8.93. The van der Waals surface area contributed by atoms with Gasteiger partial charge in [-0.2, -0.15) is 4.98 Å². The average Bonchev–Trinajstić information content (AvgIpc) is 2.81. The summed E-state index contributed by atoms with van der Waals surface area (Å²) in [5, 5.41) is 3.11. The summed E-state index contributed by atoms with van der Waals surface area (Å²) >= 11 is 0. The molecule has 0 bridgehead atoms. The summed E-state index contributed by atoms with van der Waals surface area (Å²) in [4.78, 5) is 4.20. The molecule has 0 saturated heterocycles. The van der Waals surface area contributed by atoms with Crippen LogP contribution < -0.4 is 15.8 Å². The van der Waals surface area contributed by atoms with Crippen LogP contribution in [0.1, 0.15) is 5.56 Å². The summed E-state index contributed by atoms with van der Waals surface area (Å²) in [5.74, 6) is 1.14. The minimum absolute atomic E-state index is 0.531. The van der Waals surface area contributed by atoms with Gasteiger partial charge in [0, 0.05) is 18.2 Å². The van der Waals surface area contributed by atoms with Crippen LogP contribution in [0, 0.1) is 0 Å². The van der Waals surface area contributed by atoms with E-state index in [0.717, 1.165) is 5.56 Å². The number of hydrogen-bond donors (Lipinski definition) is 2. The highest BCUT2D eigenvalue weighted by Gasteiger charge is 2.03. The van der Waals surface area contributed by atoms with Gasteiger partial charge in [-0.15, -0.1) is 0 Å². The third-order valence-corrected chi connectivity index (χ3v) is 2.15. The second-order valence-corrected chi connectivity index (χ2v) is 3.28. The predicted molar refractivity (Wildman–Crippen MR) is 61.2 cm³/mol. The van der Waals surface area contributed by atoms with Crippen molar-refractivity contribution in [1.82, 2.24) is 4.98 Å². The van der Waals surface area contributed by atoms with Crippen LogP contribution >= 0.6 is 0 Å². The zero-order chi connectivity index (χ0) is 11.4. The van der Waals surface area contributed by atoms with Gasteiger partial charge in [0.1, 0.15) is 0 Å². The molecular formula is C11H13N3O2. The van der Waals surface area contributed by atoms with Crippen molar-refractivity contribution in [3.63, 3.8) is 0 Å². The standard InChI is InChI=1S/C11H13N3O2/c1-15-10-3-2-9(12)11(14-10)13-6-8-4-5-16-7-8/h2-5,7H,6,12H2,1H3,(H,13,14). The maximum absolute atomic E-state index is 5.78. The zero-order valence-corrected chi connectivity index (χ0v) is 8.93. The normalized spacial score (nSPS) is 10.1. The monoisotopic (exact) mass is 219 g/mol. The maximum atomic E-state index is 5.78. The topological polar surface area (TPSA) is 73.3 Å². The predicted octanol–water partition coefficient (Wildman–Crippen LogP) is 1.88. The summed E-state index contributed by atoms with van der Waals surface area (Å²) in [6.45, 7) is 0.612. The number of furan rings is 1. The van der Waals surface area contributed by atoms with Crippen molar-refractivity contribution >= 4 is 11.5 Å². The lowest BCUT2D eigenvalue weighted by Crippen LogP contribution is -2.04. The van der Waals surface area contributed by atoms with Gasteiger partial charge in [0.2, 0.25) is 5.88 Å². The second kappa shape index (κ2) is 4.57. The molecule has 0 atom stereocenters. The van der Waals surface area contributed by atoms with E-state index in [2.05, 4.69) is 10.3 Å². The first-order valence-electron chi connectivity index (χ1n) is 4.85. The van der Waals surface area contributed by atoms with Crippen LogP contribution in [0.25, 0.3) is 0 Å². The summed E-state index contributed by atoms with van der Waals surface area (Å²) in [5.41, 5.74) is 7.40. The number of nitrogens with two attached hydrogens (primary N) is 1. The van der Waals surface area contributed by atoms with Crippen molar-refractivity contribution in [2.24, 2.45) is 0 Å². The minimum atomic E-state index is 0.531. The molecule has 3 N–H and O–H groups in total. The van der Waals surface area contributed by atoms with Gasteiger partial charge in [-0.05, 0) is 12.1 Å². The molecule has 0 aliphatic carbocycles. The molecule has 0 unspecified atom stereocenters. The van der Waals surface area contributed by atoms with Crippen LogP contribution in [-0.4, -0.2) is 12.1 Å². The third kappa shape index (κ3) is 2.25. The summed E-state index contributed by atoms with van der Waals surface area (Å²) in [6.07, 6.45) is 3.29. The Balaban J connectivity index is 2.08. The Bertz CT molecular complexity index is 454. The van der Waals surface area contributed by atoms with Crippen LogP contribution in [0.5, 0.6) is 5.88 Å². The number of anilines is 2. The highest BCUT2D eigenvalue weighted by atomic mass is 16.5. The van der Waals surface area contributed by atoms with Crippen LogP contribution in [0.2, 0.25) is 0 Å². The van der Waals surface area contributed by atoms with Gasteiger partial charge >= 0.3 is 0 Å². The van der Waals surface area contributed by atoms with Gasteiger partial charge in [-0.1, -0.05) is 0 Å². The fourth-order valence-electron chi connectivity index (χ4n) is 1.29. The van der Waals surface area contributed by atoms with Gasteiger partial charge in [-0.3, -0.25) is 0 Å². The Labute approximate surface area is 93.2 Å². The largest absolute Gasteiger partial charge is 0.481 e. The van der Waals surface area contributed by atoms with Gasteiger partial charge in [0.15, 0.2) is 5.82 Å². The van der Waals surface area contributed by atoms with Gasteiger partial charge in [-0.25, -0.2) is 0 Å². The van der Waals surface area contributed by atoms with Crippen molar-refractivity contribution in [3.8, 4) is 5.88 Å². The molecule has 84 valence electrons. The maximum Gasteiger partial charge on any atom is 0.215 e. The van der Waals surface area contributed by atoms with E-state index in [1.807, 2.05) is 6.07 Å². The Morgan fingerprint density at radius 1 is 1.44 bits per heavy atom. The molecule has 0 aliphatic rings. The molecule has 2 aromatic heterocycles. The molecule has 16 heavy (non-hydrogen) atoms. The van der Waals surface area contributed by atoms with E-state index in [1.54, 1.807) is 31.8 Å². The van der Waals surface area contributed by atoms with E-state index in [4.69, 9.17) is 14.9 Å². The quantitative estimate of drug-likeness (QED) is 0.821. The molecule has 2 rings (SSSR count). The molecule has 5 heteroatoms. The highest BCUT2D eigenvalue weighted by molar-refractivity contribution is 5.61. The van der Waals surface area contributed by atoms with Crippen molar-refractivity contribution in [3.05, 3.63) is 36.3 Å². The molecule has 0 amide bonds. The summed E-state index contributed by atoms with van der Waals surface area (Å²) < 4.78 is 9.98. The molecule has 0 saturated carbocycles. The van der Waals surface area contributed by atoms with Crippen LogP contribution in [-0.2, 0) is 6.54 Å². The van der Waals surface area contributed by atoms with E-state index < -0.39 is 0 Å². The molecule has 0 radical (unpaired) electrons.